The van der Waals surface area contributed by atoms with Crippen molar-refractivity contribution < 1.29 is 4.79 Å². The first-order valence-corrected chi connectivity index (χ1v) is 9.96. The Balaban J connectivity index is 1.75. The van der Waals surface area contributed by atoms with Gasteiger partial charge in [0.1, 0.15) is 5.69 Å². The topological polar surface area (TPSA) is 25.2 Å². The number of carbonyl (C=O) groups excluding carboxylic acids is 1. The molecule has 0 radical (unpaired) electrons. The first-order chi connectivity index (χ1) is 12.1. The standard InChI is InChI=1S/C21H24N2OS/c1-15-7-6-8-16(2)23(15)21(24)19-13-20-18(11-12-25-20)22(19)14-17-9-4-3-5-10-17/h3-5,9-13,15-16H,6-8,14H2,1-2H3. The van der Waals surface area contributed by atoms with Crippen LogP contribution in [-0.4, -0.2) is 27.5 Å². The van der Waals surface area contributed by atoms with E-state index in [1.807, 2.05) is 6.07 Å². The molecule has 130 valence electrons. The van der Waals surface area contributed by atoms with Gasteiger partial charge in [-0.1, -0.05) is 30.3 Å². The van der Waals surface area contributed by atoms with Crippen LogP contribution in [0.15, 0.2) is 47.8 Å². The van der Waals surface area contributed by atoms with E-state index in [2.05, 4.69) is 65.1 Å². The zero-order valence-corrected chi connectivity index (χ0v) is 15.6. The number of piperidine rings is 1. The molecule has 2 unspecified atom stereocenters. The summed E-state index contributed by atoms with van der Waals surface area (Å²) >= 11 is 1.71. The Morgan fingerprint density at radius 3 is 2.56 bits per heavy atom. The molecule has 1 aliphatic heterocycles. The SMILES string of the molecule is CC1CCCC(C)N1C(=O)c1cc2sccc2n1Cc1ccccc1. The third-order valence-electron chi connectivity index (χ3n) is 5.35. The Hall–Kier alpha value is -2.07. The molecule has 1 fully saturated rings. The van der Waals surface area contributed by atoms with Crippen molar-refractivity contribution in [2.75, 3.05) is 0 Å². The van der Waals surface area contributed by atoms with Gasteiger partial charge in [0.25, 0.3) is 5.91 Å². The minimum absolute atomic E-state index is 0.180. The number of fused-ring (bicyclic) bond motifs is 1. The zero-order valence-electron chi connectivity index (χ0n) is 14.8. The second-order valence-corrected chi connectivity index (χ2v) is 8.06. The lowest BCUT2D eigenvalue weighted by atomic mass is 9.97. The van der Waals surface area contributed by atoms with E-state index in [1.165, 1.54) is 16.7 Å². The Kier molecular flexibility index (Phi) is 4.38. The molecule has 2 aromatic heterocycles. The van der Waals surface area contributed by atoms with Gasteiger partial charge in [0, 0.05) is 18.6 Å². The predicted molar refractivity (Wildman–Crippen MR) is 104 cm³/mol. The van der Waals surface area contributed by atoms with Crippen LogP contribution in [0, 0.1) is 0 Å². The summed E-state index contributed by atoms with van der Waals surface area (Å²) in [6, 6.07) is 15.2. The number of amides is 1. The summed E-state index contributed by atoms with van der Waals surface area (Å²) in [5.41, 5.74) is 3.21. The lowest BCUT2D eigenvalue weighted by molar-refractivity contribution is 0.0500. The van der Waals surface area contributed by atoms with Crippen LogP contribution in [-0.2, 0) is 6.54 Å². The number of nitrogens with zero attached hydrogens (tertiary/aromatic N) is 2. The van der Waals surface area contributed by atoms with Crippen molar-refractivity contribution in [3.8, 4) is 0 Å². The maximum atomic E-state index is 13.4. The summed E-state index contributed by atoms with van der Waals surface area (Å²) in [4.78, 5) is 15.5. The second kappa shape index (κ2) is 6.68. The highest BCUT2D eigenvalue weighted by Crippen LogP contribution is 2.30. The van der Waals surface area contributed by atoms with Gasteiger partial charge in [0.05, 0.1) is 10.2 Å². The number of aromatic nitrogens is 1. The van der Waals surface area contributed by atoms with Crippen molar-refractivity contribution in [3.63, 3.8) is 0 Å². The van der Waals surface area contributed by atoms with Crippen LogP contribution < -0.4 is 0 Å². The van der Waals surface area contributed by atoms with Gasteiger partial charge in [-0.05, 0) is 56.2 Å². The molecule has 3 heterocycles. The molecule has 25 heavy (non-hydrogen) atoms. The molecule has 0 bridgehead atoms. The average molecular weight is 353 g/mol. The summed E-state index contributed by atoms with van der Waals surface area (Å²) in [5, 5.41) is 2.10. The molecule has 1 aromatic carbocycles. The summed E-state index contributed by atoms with van der Waals surface area (Å²) < 4.78 is 3.38. The van der Waals surface area contributed by atoms with Crippen molar-refractivity contribution in [1.82, 2.24) is 9.47 Å². The van der Waals surface area contributed by atoms with Gasteiger partial charge in [-0.15, -0.1) is 11.3 Å². The Bertz CT molecular complexity index is 870. The van der Waals surface area contributed by atoms with Crippen LogP contribution in [0.4, 0.5) is 0 Å². The van der Waals surface area contributed by atoms with Gasteiger partial charge in [-0.2, -0.15) is 0 Å². The fourth-order valence-electron chi connectivity index (χ4n) is 4.04. The van der Waals surface area contributed by atoms with E-state index in [0.717, 1.165) is 30.6 Å². The number of benzene rings is 1. The van der Waals surface area contributed by atoms with Gasteiger partial charge in [0.2, 0.25) is 0 Å². The Morgan fingerprint density at radius 2 is 1.84 bits per heavy atom. The number of hydrogen-bond donors (Lipinski definition) is 0. The molecule has 0 spiro atoms. The van der Waals surface area contributed by atoms with E-state index in [0.29, 0.717) is 12.1 Å². The lowest BCUT2D eigenvalue weighted by Crippen LogP contribution is -2.48. The highest BCUT2D eigenvalue weighted by molar-refractivity contribution is 7.17. The highest BCUT2D eigenvalue weighted by atomic mass is 32.1. The van der Waals surface area contributed by atoms with E-state index in [1.54, 1.807) is 11.3 Å². The lowest BCUT2D eigenvalue weighted by Gasteiger charge is -2.39. The fraction of sp³-hybridized carbons (Fsp3) is 0.381. The third kappa shape index (κ3) is 2.99. The normalized spacial score (nSPS) is 21.0. The van der Waals surface area contributed by atoms with E-state index in [-0.39, 0.29) is 5.91 Å². The third-order valence-corrected chi connectivity index (χ3v) is 6.21. The summed E-state index contributed by atoms with van der Waals surface area (Å²) in [7, 11) is 0. The number of likely N-dealkylation sites (tertiary alicyclic amines) is 1. The van der Waals surface area contributed by atoms with Crippen molar-refractivity contribution >= 4 is 27.5 Å². The van der Waals surface area contributed by atoms with E-state index in [4.69, 9.17) is 0 Å². The second-order valence-electron chi connectivity index (χ2n) is 7.11. The van der Waals surface area contributed by atoms with Crippen molar-refractivity contribution in [1.29, 1.82) is 0 Å². The minimum Gasteiger partial charge on any atom is -0.332 e. The maximum absolute atomic E-state index is 13.4. The van der Waals surface area contributed by atoms with Crippen LogP contribution in [0.5, 0.6) is 0 Å². The summed E-state index contributed by atoms with van der Waals surface area (Å²) in [6.07, 6.45) is 3.42. The Morgan fingerprint density at radius 1 is 1.12 bits per heavy atom. The maximum Gasteiger partial charge on any atom is 0.271 e. The molecule has 3 aromatic rings. The fourth-order valence-corrected chi connectivity index (χ4v) is 4.87. The Labute approximate surface area is 152 Å². The monoisotopic (exact) mass is 352 g/mol. The molecular weight excluding hydrogens is 328 g/mol. The van der Waals surface area contributed by atoms with Gasteiger partial charge in [0.15, 0.2) is 0 Å². The smallest absolute Gasteiger partial charge is 0.271 e. The van der Waals surface area contributed by atoms with Crippen molar-refractivity contribution in [2.24, 2.45) is 0 Å². The quantitative estimate of drug-likeness (QED) is 0.639. The first-order valence-electron chi connectivity index (χ1n) is 9.08. The van der Waals surface area contributed by atoms with E-state index in [9.17, 15) is 4.79 Å². The number of rotatable bonds is 3. The van der Waals surface area contributed by atoms with E-state index >= 15 is 0 Å². The van der Waals surface area contributed by atoms with Gasteiger partial charge in [-0.25, -0.2) is 0 Å². The zero-order chi connectivity index (χ0) is 17.4. The van der Waals surface area contributed by atoms with Crippen LogP contribution in [0.25, 0.3) is 10.2 Å². The summed E-state index contributed by atoms with van der Waals surface area (Å²) in [5.74, 6) is 0.180. The van der Waals surface area contributed by atoms with E-state index < -0.39 is 0 Å². The molecule has 0 aliphatic carbocycles. The molecule has 3 nitrogen and oxygen atoms in total. The molecule has 4 rings (SSSR count). The average Bonchev–Trinajstić information content (AvgIpc) is 3.18. The highest BCUT2D eigenvalue weighted by Gasteiger charge is 2.31. The molecule has 4 heteroatoms. The molecule has 2 atom stereocenters. The largest absolute Gasteiger partial charge is 0.332 e. The number of hydrogen-bond acceptors (Lipinski definition) is 2. The minimum atomic E-state index is 0.180. The van der Waals surface area contributed by atoms with Gasteiger partial charge < -0.3 is 9.47 Å². The molecule has 1 aliphatic rings. The van der Waals surface area contributed by atoms with Crippen molar-refractivity contribution in [2.45, 2.75) is 51.7 Å². The first kappa shape index (κ1) is 16.4. The van der Waals surface area contributed by atoms with Crippen LogP contribution in [0.2, 0.25) is 0 Å². The number of thiophene rings is 1. The molecule has 1 amide bonds. The molecule has 1 saturated heterocycles. The van der Waals surface area contributed by atoms with Crippen LogP contribution in [0.3, 0.4) is 0 Å². The summed E-state index contributed by atoms with van der Waals surface area (Å²) in [6.45, 7) is 5.10. The van der Waals surface area contributed by atoms with Gasteiger partial charge >= 0.3 is 0 Å². The van der Waals surface area contributed by atoms with Gasteiger partial charge in [-0.3, -0.25) is 4.79 Å². The van der Waals surface area contributed by atoms with Crippen molar-refractivity contribution in [3.05, 3.63) is 59.1 Å². The molecule has 0 N–H and O–H groups in total. The molecular formula is C21H24N2OS. The van der Waals surface area contributed by atoms with Crippen LogP contribution in [0.1, 0.15) is 49.2 Å². The van der Waals surface area contributed by atoms with Crippen LogP contribution >= 0.6 is 11.3 Å². The number of carbonyl (C=O) groups is 1. The predicted octanol–water partition coefficient (Wildman–Crippen LogP) is 5.15. The molecule has 0 saturated carbocycles.